The van der Waals surface area contributed by atoms with Crippen molar-refractivity contribution >= 4 is 58.3 Å². The Labute approximate surface area is 165 Å². The highest BCUT2D eigenvalue weighted by molar-refractivity contribution is 8.20. The molecule has 1 aliphatic heterocycles. The number of fused-ring (bicyclic) bond motifs is 2. The Morgan fingerprint density at radius 2 is 2.04 bits per heavy atom. The molecule has 0 bridgehead atoms. The van der Waals surface area contributed by atoms with Gasteiger partial charge in [-0.15, -0.1) is 23.5 Å². The number of furan rings is 1. The molecule has 132 valence electrons. The average Bonchev–Trinajstić information content (AvgIpc) is 3.17. The number of hydrogen-bond donors (Lipinski definition) is 1. The second kappa shape index (κ2) is 6.76. The summed E-state index contributed by atoms with van der Waals surface area (Å²) in [5.74, 6) is 3.37. The largest absolute Gasteiger partial charge is 0.455 e. The first-order chi connectivity index (χ1) is 12.0. The molecule has 2 aromatic rings. The van der Waals surface area contributed by atoms with Gasteiger partial charge < -0.3 is 9.73 Å². The van der Waals surface area contributed by atoms with E-state index in [9.17, 15) is 4.79 Å². The molecule has 0 radical (unpaired) electrons. The standard InChI is InChI=1S/C18H17Cl2NO2S2/c1-10-15-14(3-2-6-18(15)24-7-8-25-18)23-16(10)17(22)21-13-9-11(19)4-5-12(13)20/h4-5,9H,2-3,6-8H2,1H3,(H,21,22). The minimum atomic E-state index is -0.279. The maximum absolute atomic E-state index is 12.8. The molecule has 25 heavy (non-hydrogen) atoms. The second-order valence-electron chi connectivity index (χ2n) is 6.24. The highest BCUT2D eigenvalue weighted by Gasteiger charge is 2.45. The molecule has 0 unspecified atom stereocenters. The monoisotopic (exact) mass is 413 g/mol. The first-order valence-corrected chi connectivity index (χ1v) is 10.9. The van der Waals surface area contributed by atoms with Crippen LogP contribution in [0.1, 0.15) is 40.3 Å². The predicted octanol–water partition coefficient (Wildman–Crippen LogP) is 6.12. The van der Waals surface area contributed by atoms with Crippen molar-refractivity contribution in [1.29, 1.82) is 0 Å². The van der Waals surface area contributed by atoms with Crippen LogP contribution in [0.5, 0.6) is 0 Å². The van der Waals surface area contributed by atoms with Crippen LogP contribution >= 0.6 is 46.7 Å². The van der Waals surface area contributed by atoms with E-state index in [2.05, 4.69) is 5.32 Å². The summed E-state index contributed by atoms with van der Waals surface area (Å²) in [5.41, 5.74) is 2.67. The third-order valence-corrected chi connectivity index (χ3v) is 8.74. The van der Waals surface area contributed by atoms with Gasteiger partial charge in [0.25, 0.3) is 5.91 Å². The van der Waals surface area contributed by atoms with Gasteiger partial charge in [0, 0.05) is 34.1 Å². The molecule has 1 fully saturated rings. The lowest BCUT2D eigenvalue weighted by Gasteiger charge is -2.31. The third kappa shape index (κ3) is 3.09. The fraction of sp³-hybridized carbons (Fsp3) is 0.389. The fourth-order valence-corrected chi connectivity index (χ4v) is 7.48. The summed E-state index contributed by atoms with van der Waals surface area (Å²) in [6, 6.07) is 5.00. The fourth-order valence-electron chi connectivity index (χ4n) is 3.59. The Morgan fingerprint density at radius 3 is 2.80 bits per heavy atom. The van der Waals surface area contributed by atoms with Gasteiger partial charge in [-0.1, -0.05) is 23.2 Å². The maximum atomic E-state index is 12.8. The minimum absolute atomic E-state index is 0.0629. The molecule has 1 amide bonds. The Kier molecular flexibility index (Phi) is 4.78. The van der Waals surface area contributed by atoms with Gasteiger partial charge in [0.2, 0.25) is 0 Å². The molecule has 1 saturated heterocycles. The predicted molar refractivity (Wildman–Crippen MR) is 107 cm³/mol. The highest BCUT2D eigenvalue weighted by Crippen LogP contribution is 2.59. The van der Waals surface area contributed by atoms with Crippen LogP contribution in [0.3, 0.4) is 0 Å². The Hall–Kier alpha value is -0.750. The molecular formula is C18H17Cl2NO2S2. The van der Waals surface area contributed by atoms with Gasteiger partial charge in [-0.2, -0.15) is 0 Å². The summed E-state index contributed by atoms with van der Waals surface area (Å²) in [6.07, 6.45) is 3.13. The lowest BCUT2D eigenvalue weighted by atomic mass is 9.94. The molecule has 7 heteroatoms. The van der Waals surface area contributed by atoms with Crippen molar-refractivity contribution in [1.82, 2.24) is 0 Å². The number of hydrogen-bond acceptors (Lipinski definition) is 4. The van der Waals surface area contributed by atoms with Crippen LogP contribution in [0.15, 0.2) is 22.6 Å². The van der Waals surface area contributed by atoms with Crippen LogP contribution in [0, 0.1) is 6.92 Å². The van der Waals surface area contributed by atoms with Gasteiger partial charge in [0.1, 0.15) is 5.76 Å². The molecule has 2 aliphatic rings. The molecule has 1 spiro atoms. The zero-order valence-corrected chi connectivity index (χ0v) is 16.8. The first-order valence-electron chi connectivity index (χ1n) is 8.17. The molecule has 0 saturated carbocycles. The van der Waals surface area contributed by atoms with Gasteiger partial charge in [-0.05, 0) is 38.0 Å². The first kappa shape index (κ1) is 17.7. The number of carbonyl (C=O) groups is 1. The van der Waals surface area contributed by atoms with E-state index in [-0.39, 0.29) is 9.99 Å². The summed E-state index contributed by atoms with van der Waals surface area (Å²) in [5, 5.41) is 3.80. The van der Waals surface area contributed by atoms with E-state index in [0.717, 1.165) is 42.1 Å². The average molecular weight is 414 g/mol. The Morgan fingerprint density at radius 1 is 1.28 bits per heavy atom. The Bertz CT molecular complexity index is 844. The van der Waals surface area contributed by atoms with Crippen LogP contribution < -0.4 is 5.32 Å². The van der Waals surface area contributed by atoms with Crippen molar-refractivity contribution in [2.75, 3.05) is 16.8 Å². The lowest BCUT2D eigenvalue weighted by molar-refractivity contribution is 0.0994. The van der Waals surface area contributed by atoms with Gasteiger partial charge in [-0.3, -0.25) is 4.79 Å². The van der Waals surface area contributed by atoms with Crippen molar-refractivity contribution in [3.8, 4) is 0 Å². The van der Waals surface area contributed by atoms with Crippen LogP contribution in [-0.4, -0.2) is 17.4 Å². The van der Waals surface area contributed by atoms with Gasteiger partial charge in [0.05, 0.1) is 14.8 Å². The topological polar surface area (TPSA) is 42.2 Å². The van der Waals surface area contributed by atoms with E-state index in [1.54, 1.807) is 18.2 Å². The van der Waals surface area contributed by atoms with Crippen LogP contribution in [-0.2, 0) is 10.5 Å². The summed E-state index contributed by atoms with van der Waals surface area (Å²) in [7, 11) is 0. The zero-order valence-electron chi connectivity index (χ0n) is 13.7. The maximum Gasteiger partial charge on any atom is 0.291 e. The van der Waals surface area contributed by atoms with Crippen LogP contribution in [0.25, 0.3) is 0 Å². The molecule has 0 atom stereocenters. The molecule has 2 heterocycles. The molecule has 4 rings (SSSR count). The van der Waals surface area contributed by atoms with Gasteiger partial charge in [0.15, 0.2) is 5.76 Å². The van der Waals surface area contributed by atoms with Crippen molar-refractivity contribution in [3.05, 3.63) is 50.9 Å². The van der Waals surface area contributed by atoms with E-state index < -0.39 is 0 Å². The number of aryl methyl sites for hydroxylation is 1. The molecule has 1 aliphatic carbocycles. The van der Waals surface area contributed by atoms with E-state index in [4.69, 9.17) is 27.6 Å². The van der Waals surface area contributed by atoms with E-state index in [1.807, 2.05) is 30.4 Å². The van der Waals surface area contributed by atoms with Crippen molar-refractivity contribution in [2.24, 2.45) is 0 Å². The van der Waals surface area contributed by atoms with Crippen molar-refractivity contribution in [2.45, 2.75) is 30.3 Å². The summed E-state index contributed by atoms with van der Waals surface area (Å²) >= 11 is 16.1. The van der Waals surface area contributed by atoms with Gasteiger partial charge >= 0.3 is 0 Å². The molecule has 1 aromatic heterocycles. The van der Waals surface area contributed by atoms with Crippen molar-refractivity contribution < 1.29 is 9.21 Å². The molecule has 3 nitrogen and oxygen atoms in total. The number of carbonyl (C=O) groups excluding carboxylic acids is 1. The highest BCUT2D eigenvalue weighted by atomic mass is 35.5. The third-order valence-electron chi connectivity index (χ3n) is 4.65. The number of anilines is 1. The number of benzene rings is 1. The van der Waals surface area contributed by atoms with Crippen LogP contribution in [0.4, 0.5) is 5.69 Å². The number of thioether (sulfide) groups is 2. The minimum Gasteiger partial charge on any atom is -0.455 e. The Balaban J connectivity index is 1.69. The van der Waals surface area contributed by atoms with E-state index in [1.165, 1.54) is 5.56 Å². The number of rotatable bonds is 2. The van der Waals surface area contributed by atoms with E-state index >= 15 is 0 Å². The lowest BCUT2D eigenvalue weighted by Crippen LogP contribution is -2.21. The van der Waals surface area contributed by atoms with E-state index in [0.29, 0.717) is 21.5 Å². The second-order valence-corrected chi connectivity index (χ2v) is 10.1. The summed E-state index contributed by atoms with van der Waals surface area (Å²) in [4.78, 5) is 12.8. The summed E-state index contributed by atoms with van der Waals surface area (Å²) in [6.45, 7) is 1.99. The van der Waals surface area contributed by atoms with Crippen molar-refractivity contribution in [3.63, 3.8) is 0 Å². The summed E-state index contributed by atoms with van der Waals surface area (Å²) < 4.78 is 6.08. The normalized spacial score (nSPS) is 18.4. The number of nitrogens with one attached hydrogen (secondary N) is 1. The van der Waals surface area contributed by atoms with Crippen LogP contribution in [0.2, 0.25) is 10.0 Å². The zero-order chi connectivity index (χ0) is 17.6. The molecule has 1 N–H and O–H groups in total. The SMILES string of the molecule is Cc1c(C(=O)Nc2cc(Cl)ccc2Cl)oc2c1C1(CCC2)SCCS1. The molecule has 1 aromatic carbocycles. The smallest absolute Gasteiger partial charge is 0.291 e. The van der Waals surface area contributed by atoms with Gasteiger partial charge in [-0.25, -0.2) is 0 Å². The number of halogens is 2. The molecular weight excluding hydrogens is 397 g/mol. The number of amides is 1. The quantitative estimate of drug-likeness (QED) is 0.643.